The van der Waals surface area contributed by atoms with Gasteiger partial charge in [-0.1, -0.05) is 22.0 Å². The summed E-state index contributed by atoms with van der Waals surface area (Å²) in [6.07, 6.45) is 0. The lowest BCUT2D eigenvalue weighted by molar-refractivity contribution is 0.625. The van der Waals surface area contributed by atoms with Crippen LogP contribution in [-0.2, 0) is 12.3 Å². The average Bonchev–Trinajstić information content (AvgIpc) is 2.38. The molecule has 0 amide bonds. The minimum absolute atomic E-state index is 0.210. The van der Waals surface area contributed by atoms with Crippen molar-refractivity contribution >= 4 is 27.7 Å². The summed E-state index contributed by atoms with van der Waals surface area (Å²) in [5.74, 6) is 0.518. The summed E-state index contributed by atoms with van der Waals surface area (Å²) in [5.41, 5.74) is 7.62. The quantitative estimate of drug-likeness (QED) is 0.846. The van der Waals surface area contributed by atoms with E-state index in [1.165, 1.54) is 6.07 Å². The molecule has 0 radical (unpaired) electrons. The van der Waals surface area contributed by atoms with Gasteiger partial charge in [0, 0.05) is 21.7 Å². The van der Waals surface area contributed by atoms with Crippen molar-refractivity contribution < 1.29 is 4.39 Å². The van der Waals surface area contributed by atoms with Gasteiger partial charge in [0.05, 0.1) is 0 Å². The summed E-state index contributed by atoms with van der Waals surface area (Å²) in [7, 11) is 0. The Morgan fingerprint density at radius 1 is 1.06 bits per heavy atom. The minimum Gasteiger partial charge on any atom is -0.326 e. The van der Waals surface area contributed by atoms with Crippen LogP contribution in [0, 0.1) is 5.82 Å². The van der Waals surface area contributed by atoms with Crippen LogP contribution < -0.4 is 5.73 Å². The van der Waals surface area contributed by atoms with Gasteiger partial charge >= 0.3 is 0 Å². The lowest BCUT2D eigenvalue weighted by Gasteiger charge is -2.08. The third kappa shape index (κ3) is 3.57. The number of rotatable bonds is 4. The maximum absolute atomic E-state index is 13.2. The van der Waals surface area contributed by atoms with Gasteiger partial charge in [0.25, 0.3) is 0 Å². The highest BCUT2D eigenvalue weighted by Crippen LogP contribution is 2.26. The molecule has 94 valence electrons. The van der Waals surface area contributed by atoms with Crippen molar-refractivity contribution in [3.63, 3.8) is 0 Å². The summed E-state index contributed by atoms with van der Waals surface area (Å²) < 4.78 is 14.3. The van der Waals surface area contributed by atoms with Crippen molar-refractivity contribution in [2.24, 2.45) is 5.73 Å². The fraction of sp³-hybridized carbons (Fsp3) is 0.143. The van der Waals surface area contributed by atoms with E-state index in [0.717, 1.165) is 26.2 Å². The Bertz CT molecular complexity index is 528. The minimum atomic E-state index is -0.210. The van der Waals surface area contributed by atoms with Crippen LogP contribution in [0.4, 0.5) is 4.39 Å². The van der Waals surface area contributed by atoms with Gasteiger partial charge in [0.1, 0.15) is 5.82 Å². The Kier molecular flexibility index (Phi) is 4.80. The maximum Gasteiger partial charge on any atom is 0.123 e. The molecule has 0 bridgehead atoms. The summed E-state index contributed by atoms with van der Waals surface area (Å²) in [6.45, 7) is 0.441. The van der Waals surface area contributed by atoms with Gasteiger partial charge in [-0.2, -0.15) is 0 Å². The van der Waals surface area contributed by atoms with E-state index < -0.39 is 0 Å². The van der Waals surface area contributed by atoms with Gasteiger partial charge in [0.2, 0.25) is 0 Å². The summed E-state index contributed by atoms with van der Waals surface area (Å²) in [6, 6.07) is 12.8. The first-order valence-electron chi connectivity index (χ1n) is 5.55. The van der Waals surface area contributed by atoms with E-state index >= 15 is 0 Å². The van der Waals surface area contributed by atoms with Gasteiger partial charge in [-0.25, -0.2) is 4.39 Å². The Morgan fingerprint density at radius 3 is 2.44 bits per heavy atom. The lowest BCUT2D eigenvalue weighted by atomic mass is 10.1. The van der Waals surface area contributed by atoms with Crippen LogP contribution in [0.3, 0.4) is 0 Å². The van der Waals surface area contributed by atoms with E-state index in [9.17, 15) is 4.39 Å². The highest BCUT2D eigenvalue weighted by Gasteiger charge is 2.04. The molecule has 0 fully saturated rings. The Labute approximate surface area is 119 Å². The van der Waals surface area contributed by atoms with Gasteiger partial charge in [0.15, 0.2) is 0 Å². The van der Waals surface area contributed by atoms with Crippen LogP contribution in [0.5, 0.6) is 0 Å². The van der Waals surface area contributed by atoms with E-state index in [4.69, 9.17) is 5.73 Å². The lowest BCUT2D eigenvalue weighted by Crippen LogP contribution is -2.01. The number of thioether (sulfide) groups is 1. The third-order valence-electron chi connectivity index (χ3n) is 2.60. The fourth-order valence-corrected chi connectivity index (χ4v) is 2.80. The molecule has 0 atom stereocenters. The largest absolute Gasteiger partial charge is 0.326 e. The molecule has 2 N–H and O–H groups in total. The second-order valence-corrected chi connectivity index (χ2v) is 5.82. The average molecular weight is 326 g/mol. The fourth-order valence-electron chi connectivity index (χ4n) is 1.62. The first kappa shape index (κ1) is 13.6. The molecule has 0 heterocycles. The molecule has 2 rings (SSSR count). The molecule has 0 aliphatic heterocycles. The monoisotopic (exact) mass is 325 g/mol. The highest BCUT2D eigenvalue weighted by atomic mass is 79.9. The Hall–Kier alpha value is -0.840. The van der Waals surface area contributed by atoms with Crippen LogP contribution in [0.25, 0.3) is 0 Å². The molecule has 0 unspecified atom stereocenters. The molecule has 0 aromatic heterocycles. The van der Waals surface area contributed by atoms with Crippen LogP contribution in [-0.4, -0.2) is 0 Å². The van der Waals surface area contributed by atoms with Crippen LogP contribution >= 0.6 is 27.7 Å². The molecule has 2 aromatic carbocycles. The van der Waals surface area contributed by atoms with Crippen molar-refractivity contribution in [1.29, 1.82) is 0 Å². The van der Waals surface area contributed by atoms with Gasteiger partial charge in [-0.15, -0.1) is 11.8 Å². The highest BCUT2D eigenvalue weighted by molar-refractivity contribution is 9.10. The normalized spacial score (nSPS) is 10.6. The number of halogens is 2. The molecule has 0 saturated carbocycles. The van der Waals surface area contributed by atoms with Crippen LogP contribution in [0.1, 0.15) is 11.1 Å². The van der Waals surface area contributed by atoms with Gasteiger partial charge < -0.3 is 5.73 Å². The van der Waals surface area contributed by atoms with E-state index in [1.807, 2.05) is 24.3 Å². The third-order valence-corrected chi connectivity index (χ3v) is 4.19. The molecule has 0 spiro atoms. The van der Waals surface area contributed by atoms with Gasteiger partial charge in [-0.3, -0.25) is 0 Å². The molecule has 0 aliphatic carbocycles. The van der Waals surface area contributed by atoms with E-state index in [2.05, 4.69) is 15.9 Å². The SMILES string of the molecule is NCc1ccc(F)cc1CSc1ccc(Br)cc1. The molecule has 18 heavy (non-hydrogen) atoms. The van der Waals surface area contributed by atoms with E-state index in [1.54, 1.807) is 23.9 Å². The molecule has 0 aliphatic rings. The Balaban J connectivity index is 2.09. The van der Waals surface area contributed by atoms with E-state index in [0.29, 0.717) is 6.54 Å². The van der Waals surface area contributed by atoms with Crippen molar-refractivity contribution in [3.05, 3.63) is 63.9 Å². The summed E-state index contributed by atoms with van der Waals surface area (Å²) in [5, 5.41) is 0. The van der Waals surface area contributed by atoms with Crippen LogP contribution in [0.15, 0.2) is 51.8 Å². The standard InChI is InChI=1S/C14H13BrFNS/c15-12-2-5-14(6-3-12)18-9-11-7-13(16)4-1-10(11)8-17/h1-7H,8-9,17H2. The predicted octanol–water partition coefficient (Wildman–Crippen LogP) is 4.34. The first-order chi connectivity index (χ1) is 8.69. The van der Waals surface area contributed by atoms with Crippen molar-refractivity contribution in [2.45, 2.75) is 17.2 Å². The summed E-state index contributed by atoms with van der Waals surface area (Å²) in [4.78, 5) is 1.16. The molecule has 4 heteroatoms. The molecule has 0 saturated heterocycles. The zero-order valence-electron chi connectivity index (χ0n) is 9.70. The van der Waals surface area contributed by atoms with Crippen molar-refractivity contribution in [3.8, 4) is 0 Å². The summed E-state index contributed by atoms with van der Waals surface area (Å²) >= 11 is 5.08. The zero-order valence-corrected chi connectivity index (χ0v) is 12.1. The molecule has 2 aromatic rings. The number of hydrogen-bond acceptors (Lipinski definition) is 2. The Morgan fingerprint density at radius 2 is 1.78 bits per heavy atom. The topological polar surface area (TPSA) is 26.0 Å². The molecular weight excluding hydrogens is 313 g/mol. The van der Waals surface area contributed by atoms with Crippen molar-refractivity contribution in [2.75, 3.05) is 0 Å². The smallest absolute Gasteiger partial charge is 0.123 e. The second kappa shape index (κ2) is 6.36. The maximum atomic E-state index is 13.2. The van der Waals surface area contributed by atoms with Crippen LogP contribution in [0.2, 0.25) is 0 Å². The first-order valence-corrected chi connectivity index (χ1v) is 7.32. The van der Waals surface area contributed by atoms with Crippen molar-refractivity contribution in [1.82, 2.24) is 0 Å². The molecular formula is C14H13BrFNS. The molecule has 1 nitrogen and oxygen atoms in total. The predicted molar refractivity (Wildman–Crippen MR) is 78.0 cm³/mol. The number of nitrogens with two attached hydrogens (primary N) is 1. The second-order valence-electron chi connectivity index (χ2n) is 3.86. The number of benzene rings is 2. The van der Waals surface area contributed by atoms with E-state index in [-0.39, 0.29) is 5.82 Å². The zero-order chi connectivity index (χ0) is 13.0. The van der Waals surface area contributed by atoms with Gasteiger partial charge in [-0.05, 0) is 47.5 Å². The number of hydrogen-bond donors (Lipinski definition) is 1.